The fourth-order valence-electron chi connectivity index (χ4n) is 2.22. The van der Waals surface area contributed by atoms with Gasteiger partial charge in [0.25, 0.3) is 5.56 Å². The highest BCUT2D eigenvalue weighted by Gasteiger charge is 2.17. The first-order valence-corrected chi connectivity index (χ1v) is 6.30. The van der Waals surface area contributed by atoms with Gasteiger partial charge in [0.15, 0.2) is 0 Å². The lowest BCUT2D eigenvalue weighted by molar-refractivity contribution is 0.539. The van der Waals surface area contributed by atoms with E-state index in [0.717, 1.165) is 5.56 Å². The van der Waals surface area contributed by atoms with Gasteiger partial charge in [0, 0.05) is 0 Å². The maximum atomic E-state index is 14.5. The molecule has 0 unspecified atom stereocenters. The molecule has 1 N–H and O–H groups in total. The topological polar surface area (TPSA) is 37.8 Å². The van der Waals surface area contributed by atoms with Crippen LogP contribution in [0.25, 0.3) is 16.8 Å². The van der Waals surface area contributed by atoms with Crippen molar-refractivity contribution in [3.05, 3.63) is 76.5 Å². The molecule has 0 saturated heterocycles. The van der Waals surface area contributed by atoms with Crippen LogP contribution in [0.2, 0.25) is 0 Å². The highest BCUT2D eigenvalue weighted by atomic mass is 19.1. The summed E-state index contributed by atoms with van der Waals surface area (Å²) < 4.78 is 15.7. The van der Waals surface area contributed by atoms with Gasteiger partial charge in [-0.05, 0) is 24.6 Å². The van der Waals surface area contributed by atoms with E-state index in [-0.39, 0.29) is 5.56 Å². The fourth-order valence-corrected chi connectivity index (χ4v) is 2.22. The van der Waals surface area contributed by atoms with Crippen LogP contribution in [-0.4, -0.2) is 9.78 Å². The van der Waals surface area contributed by atoms with Crippen molar-refractivity contribution in [2.45, 2.75) is 6.92 Å². The maximum absolute atomic E-state index is 14.5. The number of halogens is 1. The monoisotopic (exact) mass is 268 g/mol. The third kappa shape index (κ3) is 2.05. The molecule has 0 saturated carbocycles. The summed E-state index contributed by atoms with van der Waals surface area (Å²) in [4.78, 5) is 12.0. The largest absolute Gasteiger partial charge is 0.275 e. The molecule has 0 radical (unpaired) electrons. The number of H-pyrrole nitrogens is 1. The minimum Gasteiger partial charge on any atom is -0.267 e. The van der Waals surface area contributed by atoms with Crippen LogP contribution in [0.5, 0.6) is 0 Å². The Kier molecular flexibility index (Phi) is 2.99. The summed E-state index contributed by atoms with van der Waals surface area (Å²) in [5.74, 6) is -0.577. The Morgan fingerprint density at radius 3 is 2.50 bits per heavy atom. The summed E-state index contributed by atoms with van der Waals surface area (Å²) in [6.45, 7) is 1.91. The summed E-state index contributed by atoms with van der Waals surface area (Å²) in [6, 6.07) is 16.1. The Balaban J connectivity index is 2.20. The second kappa shape index (κ2) is 4.81. The number of rotatable bonds is 2. The minimum atomic E-state index is -0.577. The Morgan fingerprint density at radius 1 is 1.05 bits per heavy atom. The van der Waals surface area contributed by atoms with Gasteiger partial charge in [-0.15, -0.1) is 0 Å². The van der Waals surface area contributed by atoms with Gasteiger partial charge in [-0.1, -0.05) is 48.0 Å². The van der Waals surface area contributed by atoms with Crippen LogP contribution in [0.3, 0.4) is 0 Å². The zero-order valence-electron chi connectivity index (χ0n) is 10.9. The molecule has 0 aliphatic carbocycles. The minimum absolute atomic E-state index is 0.0672. The van der Waals surface area contributed by atoms with Crippen LogP contribution in [0.15, 0.2) is 59.4 Å². The lowest BCUT2D eigenvalue weighted by Crippen LogP contribution is -2.05. The van der Waals surface area contributed by atoms with Crippen molar-refractivity contribution in [3.63, 3.8) is 0 Å². The number of aromatic amines is 1. The molecular weight excluding hydrogens is 255 g/mol. The van der Waals surface area contributed by atoms with E-state index in [9.17, 15) is 9.18 Å². The molecule has 0 amide bonds. The molecule has 20 heavy (non-hydrogen) atoms. The number of hydrogen-bond donors (Lipinski definition) is 1. The molecule has 100 valence electrons. The molecule has 3 nitrogen and oxygen atoms in total. The highest BCUT2D eigenvalue weighted by Crippen LogP contribution is 2.21. The quantitative estimate of drug-likeness (QED) is 0.761. The van der Waals surface area contributed by atoms with Gasteiger partial charge in [0.1, 0.15) is 5.56 Å². The van der Waals surface area contributed by atoms with E-state index in [1.54, 1.807) is 36.4 Å². The number of nitrogens with zero attached hydrogens (tertiary/aromatic N) is 1. The average Bonchev–Trinajstić information content (AvgIpc) is 2.75. The summed E-state index contributed by atoms with van der Waals surface area (Å²) in [6.07, 6.45) is 0. The molecule has 0 aliphatic heterocycles. The lowest BCUT2D eigenvalue weighted by Gasteiger charge is -2.03. The van der Waals surface area contributed by atoms with Crippen molar-refractivity contribution in [2.75, 3.05) is 0 Å². The zero-order chi connectivity index (χ0) is 14.1. The molecule has 0 bridgehead atoms. The molecule has 3 aromatic rings. The van der Waals surface area contributed by atoms with E-state index in [1.165, 1.54) is 4.68 Å². The zero-order valence-corrected chi connectivity index (χ0v) is 10.9. The highest BCUT2D eigenvalue weighted by molar-refractivity contribution is 5.63. The molecule has 1 aromatic heterocycles. The first-order chi connectivity index (χ1) is 9.66. The van der Waals surface area contributed by atoms with Crippen molar-refractivity contribution < 1.29 is 4.39 Å². The van der Waals surface area contributed by atoms with Gasteiger partial charge < -0.3 is 0 Å². The smallest absolute Gasteiger partial charge is 0.267 e. The molecule has 0 fully saturated rings. The van der Waals surface area contributed by atoms with E-state index in [1.807, 2.05) is 25.1 Å². The van der Waals surface area contributed by atoms with Crippen LogP contribution in [0.4, 0.5) is 4.39 Å². The number of aryl methyl sites for hydroxylation is 1. The van der Waals surface area contributed by atoms with Crippen molar-refractivity contribution in [1.82, 2.24) is 9.78 Å². The van der Waals surface area contributed by atoms with Gasteiger partial charge in [0.05, 0.1) is 5.69 Å². The first kappa shape index (κ1) is 12.4. The molecule has 0 atom stereocenters. The van der Waals surface area contributed by atoms with Gasteiger partial charge in [-0.25, -0.2) is 4.68 Å². The Hall–Kier alpha value is -2.62. The van der Waals surface area contributed by atoms with Gasteiger partial charge >= 0.3 is 0 Å². The molecule has 1 heterocycles. The van der Waals surface area contributed by atoms with Crippen molar-refractivity contribution in [1.29, 1.82) is 0 Å². The Labute approximate surface area is 115 Å². The number of para-hydroxylation sites is 1. The molecule has 4 heteroatoms. The van der Waals surface area contributed by atoms with E-state index in [4.69, 9.17) is 0 Å². The maximum Gasteiger partial charge on any atom is 0.275 e. The lowest BCUT2D eigenvalue weighted by atomic mass is 10.1. The van der Waals surface area contributed by atoms with Crippen molar-refractivity contribution in [2.24, 2.45) is 0 Å². The summed E-state index contributed by atoms with van der Waals surface area (Å²) in [5, 5.41) is 2.53. The fraction of sp³-hybridized carbons (Fsp3) is 0.0625. The normalized spacial score (nSPS) is 10.7. The van der Waals surface area contributed by atoms with E-state index in [0.29, 0.717) is 11.3 Å². The van der Waals surface area contributed by atoms with Gasteiger partial charge in [-0.3, -0.25) is 9.89 Å². The average molecular weight is 268 g/mol. The van der Waals surface area contributed by atoms with Crippen LogP contribution in [0, 0.1) is 12.9 Å². The van der Waals surface area contributed by atoms with Crippen molar-refractivity contribution in [3.8, 4) is 16.8 Å². The number of benzene rings is 2. The van der Waals surface area contributed by atoms with E-state index in [2.05, 4.69) is 5.10 Å². The standard InChI is InChI=1S/C16H13FN2O/c1-11-6-5-7-12(10-11)14-15(17)19(18-16(14)20)13-8-3-2-4-9-13/h2-10H,1H3,(H,18,20). The van der Waals surface area contributed by atoms with Gasteiger partial charge in [-0.2, -0.15) is 4.39 Å². The summed E-state index contributed by atoms with van der Waals surface area (Å²) in [5.41, 5.74) is 1.78. The SMILES string of the molecule is Cc1cccc(-c2c(F)n(-c3ccccc3)[nH]c2=O)c1. The van der Waals surface area contributed by atoms with Gasteiger partial charge in [0.2, 0.25) is 5.95 Å². The van der Waals surface area contributed by atoms with Crippen LogP contribution >= 0.6 is 0 Å². The summed E-state index contributed by atoms with van der Waals surface area (Å²) in [7, 11) is 0. The number of nitrogens with one attached hydrogen (secondary N) is 1. The van der Waals surface area contributed by atoms with Crippen LogP contribution in [0.1, 0.15) is 5.56 Å². The molecule has 0 spiro atoms. The predicted octanol–water partition coefficient (Wildman–Crippen LogP) is 3.28. The van der Waals surface area contributed by atoms with Crippen molar-refractivity contribution >= 4 is 0 Å². The molecular formula is C16H13FN2O. The third-order valence-corrected chi connectivity index (χ3v) is 3.16. The van der Waals surface area contributed by atoms with Crippen LogP contribution < -0.4 is 5.56 Å². The molecule has 3 rings (SSSR count). The first-order valence-electron chi connectivity index (χ1n) is 6.30. The third-order valence-electron chi connectivity index (χ3n) is 3.16. The molecule has 0 aliphatic rings. The second-order valence-electron chi connectivity index (χ2n) is 4.65. The Bertz CT molecular complexity index is 803. The summed E-state index contributed by atoms with van der Waals surface area (Å²) >= 11 is 0. The number of hydrogen-bond acceptors (Lipinski definition) is 1. The second-order valence-corrected chi connectivity index (χ2v) is 4.65. The molecule has 2 aromatic carbocycles. The number of aromatic nitrogens is 2. The van der Waals surface area contributed by atoms with Crippen LogP contribution in [-0.2, 0) is 0 Å². The van der Waals surface area contributed by atoms with E-state index < -0.39 is 11.5 Å². The Morgan fingerprint density at radius 2 is 1.80 bits per heavy atom. The predicted molar refractivity (Wildman–Crippen MR) is 76.5 cm³/mol. The van der Waals surface area contributed by atoms with E-state index >= 15 is 0 Å².